The predicted molar refractivity (Wildman–Crippen MR) is 146 cm³/mol. The topological polar surface area (TPSA) is 143 Å². The zero-order chi connectivity index (χ0) is 29.0. The molecule has 0 aliphatic rings. The number of rotatable bonds is 10. The number of ether oxygens (including phenoxy) is 2. The van der Waals surface area contributed by atoms with Gasteiger partial charge < -0.3 is 19.9 Å². The Kier molecular flexibility index (Phi) is 8.56. The standard InChI is InChI=1S/C24H20ClF2N5O6S2/c1-37-15-5-3-13(22(8-15)38-2)11-32(40(35,36)24-28-12-29-39-24)21-10-16(26)19(9-17(21)27)30-18-6-4-14(25)7-20(18)31-23(33)34/h3-10,12,30-31H,11H2,1-2H3,(H,33,34). The molecule has 0 aliphatic heterocycles. The van der Waals surface area contributed by atoms with E-state index in [0.29, 0.717) is 33.2 Å². The highest BCUT2D eigenvalue weighted by atomic mass is 35.5. The van der Waals surface area contributed by atoms with Crippen LogP contribution in [-0.2, 0) is 16.6 Å². The van der Waals surface area contributed by atoms with Crippen LogP contribution in [0.4, 0.5) is 36.3 Å². The smallest absolute Gasteiger partial charge is 0.409 e. The molecule has 0 aliphatic carbocycles. The number of hydrogen-bond donors (Lipinski definition) is 3. The van der Waals surface area contributed by atoms with Crippen molar-refractivity contribution in [2.24, 2.45) is 0 Å². The molecule has 0 saturated carbocycles. The van der Waals surface area contributed by atoms with Crippen molar-refractivity contribution >= 4 is 62.0 Å². The highest BCUT2D eigenvalue weighted by molar-refractivity contribution is 7.94. The van der Waals surface area contributed by atoms with Crippen LogP contribution < -0.4 is 24.4 Å². The molecule has 0 unspecified atom stereocenters. The molecule has 1 aromatic heterocycles. The number of aromatic nitrogens is 2. The van der Waals surface area contributed by atoms with Crippen molar-refractivity contribution in [2.45, 2.75) is 10.9 Å². The lowest BCUT2D eigenvalue weighted by Gasteiger charge is -2.25. The Balaban J connectivity index is 1.78. The first kappa shape index (κ1) is 28.8. The first-order chi connectivity index (χ1) is 19.0. The van der Waals surface area contributed by atoms with Crippen LogP contribution in [0.2, 0.25) is 5.02 Å². The van der Waals surface area contributed by atoms with E-state index in [1.54, 1.807) is 6.07 Å². The van der Waals surface area contributed by atoms with Crippen molar-refractivity contribution in [3.8, 4) is 11.5 Å². The molecule has 0 radical (unpaired) electrons. The van der Waals surface area contributed by atoms with Crippen LogP contribution in [0.3, 0.4) is 0 Å². The molecule has 0 atom stereocenters. The van der Waals surface area contributed by atoms with Crippen LogP contribution in [-0.4, -0.2) is 43.2 Å². The zero-order valence-corrected chi connectivity index (χ0v) is 23.1. The van der Waals surface area contributed by atoms with Gasteiger partial charge in [0.25, 0.3) is 10.0 Å². The predicted octanol–water partition coefficient (Wildman–Crippen LogP) is 5.72. The average molecular weight is 612 g/mol. The van der Waals surface area contributed by atoms with Crippen LogP contribution in [0.25, 0.3) is 0 Å². The number of benzene rings is 3. The Morgan fingerprint density at radius 1 is 1.05 bits per heavy atom. The molecule has 16 heteroatoms. The molecular weight excluding hydrogens is 592 g/mol. The molecule has 0 bridgehead atoms. The van der Waals surface area contributed by atoms with E-state index < -0.39 is 50.0 Å². The van der Waals surface area contributed by atoms with E-state index in [4.69, 9.17) is 26.2 Å². The Hall–Kier alpha value is -4.21. The van der Waals surface area contributed by atoms with E-state index in [-0.39, 0.29) is 22.1 Å². The number of nitrogens with zero attached hydrogens (tertiary/aromatic N) is 3. The number of halogens is 3. The average Bonchev–Trinajstić information content (AvgIpc) is 3.46. The van der Waals surface area contributed by atoms with Crippen LogP contribution >= 0.6 is 23.1 Å². The maximum absolute atomic E-state index is 15.6. The lowest BCUT2D eigenvalue weighted by molar-refractivity contribution is 0.210. The molecule has 0 saturated heterocycles. The first-order valence-electron chi connectivity index (χ1n) is 11.1. The minimum Gasteiger partial charge on any atom is -0.497 e. The van der Waals surface area contributed by atoms with Gasteiger partial charge in [0.15, 0.2) is 0 Å². The molecule has 11 nitrogen and oxygen atoms in total. The zero-order valence-electron chi connectivity index (χ0n) is 20.7. The van der Waals surface area contributed by atoms with Gasteiger partial charge in [0.1, 0.15) is 29.5 Å². The van der Waals surface area contributed by atoms with Crippen molar-refractivity contribution < 1.29 is 36.6 Å². The summed E-state index contributed by atoms with van der Waals surface area (Å²) in [6.45, 7) is -0.456. The molecule has 0 fully saturated rings. The van der Waals surface area contributed by atoms with Crippen molar-refractivity contribution in [3.05, 3.63) is 77.1 Å². The summed E-state index contributed by atoms with van der Waals surface area (Å²) < 4.78 is 72.5. The summed E-state index contributed by atoms with van der Waals surface area (Å²) in [5, 5.41) is 14.0. The normalized spacial score (nSPS) is 11.1. The lowest BCUT2D eigenvalue weighted by Crippen LogP contribution is -2.31. The number of anilines is 4. The van der Waals surface area contributed by atoms with Crippen molar-refractivity contribution in [2.75, 3.05) is 29.2 Å². The first-order valence-corrected chi connectivity index (χ1v) is 13.7. The van der Waals surface area contributed by atoms with Crippen LogP contribution in [0.1, 0.15) is 5.56 Å². The highest BCUT2D eigenvalue weighted by Gasteiger charge is 2.32. The largest absolute Gasteiger partial charge is 0.497 e. The number of carboxylic acid groups (broad SMARTS) is 1. The second kappa shape index (κ2) is 11.9. The van der Waals surface area contributed by atoms with Gasteiger partial charge in [0.2, 0.25) is 4.34 Å². The van der Waals surface area contributed by atoms with E-state index >= 15 is 8.78 Å². The lowest BCUT2D eigenvalue weighted by atomic mass is 10.1. The molecule has 4 aromatic rings. The summed E-state index contributed by atoms with van der Waals surface area (Å²) >= 11 is 6.49. The molecule has 0 spiro atoms. The van der Waals surface area contributed by atoms with Gasteiger partial charge in [-0.2, -0.15) is 12.8 Å². The van der Waals surface area contributed by atoms with E-state index in [9.17, 15) is 13.2 Å². The number of hydrogen-bond acceptors (Lipinski definition) is 9. The quantitative estimate of drug-likeness (QED) is 0.205. The fourth-order valence-corrected chi connectivity index (χ4v) is 5.92. The molecule has 4 rings (SSSR count). The molecule has 3 aromatic carbocycles. The van der Waals surface area contributed by atoms with E-state index in [2.05, 4.69) is 20.0 Å². The Morgan fingerprint density at radius 2 is 1.82 bits per heavy atom. The second-order valence-corrected chi connectivity index (χ2v) is 11.2. The SMILES string of the molecule is COc1ccc(CN(c2cc(F)c(Nc3ccc(Cl)cc3NC(=O)O)cc2F)S(=O)(=O)c2ncns2)c(OC)c1. The number of nitrogens with one attached hydrogen (secondary N) is 2. The van der Waals surface area contributed by atoms with E-state index in [0.717, 1.165) is 12.4 Å². The highest BCUT2D eigenvalue weighted by Crippen LogP contribution is 2.36. The van der Waals surface area contributed by atoms with Gasteiger partial charge in [-0.25, -0.2) is 18.6 Å². The van der Waals surface area contributed by atoms with Gasteiger partial charge in [-0.15, -0.1) is 0 Å². The number of methoxy groups -OCH3 is 2. The minimum atomic E-state index is -4.51. The van der Waals surface area contributed by atoms with Crippen LogP contribution in [0, 0.1) is 11.6 Å². The van der Waals surface area contributed by atoms with Crippen LogP contribution in [0.15, 0.2) is 59.2 Å². The van der Waals surface area contributed by atoms with Gasteiger partial charge in [-0.1, -0.05) is 11.6 Å². The summed E-state index contributed by atoms with van der Waals surface area (Å²) in [6, 6.07) is 10.1. The molecule has 40 heavy (non-hydrogen) atoms. The Labute approximate surface area is 236 Å². The maximum atomic E-state index is 15.6. The molecule has 210 valence electrons. The summed E-state index contributed by atoms with van der Waals surface area (Å²) in [5.41, 5.74) is -0.637. The number of amides is 1. The molecule has 1 heterocycles. The Morgan fingerprint density at radius 3 is 2.48 bits per heavy atom. The maximum Gasteiger partial charge on any atom is 0.409 e. The second-order valence-electron chi connectivity index (χ2n) is 7.93. The van der Waals surface area contributed by atoms with Gasteiger partial charge >= 0.3 is 6.09 Å². The third kappa shape index (κ3) is 6.16. The van der Waals surface area contributed by atoms with Gasteiger partial charge in [-0.05, 0) is 41.9 Å². The van der Waals surface area contributed by atoms with Crippen molar-refractivity contribution in [3.63, 3.8) is 0 Å². The van der Waals surface area contributed by atoms with Crippen molar-refractivity contribution in [1.29, 1.82) is 0 Å². The van der Waals surface area contributed by atoms with E-state index in [1.165, 1.54) is 44.6 Å². The monoisotopic (exact) mass is 611 g/mol. The third-order valence-electron chi connectivity index (χ3n) is 5.46. The van der Waals surface area contributed by atoms with Crippen LogP contribution in [0.5, 0.6) is 11.5 Å². The summed E-state index contributed by atoms with van der Waals surface area (Å²) in [6.07, 6.45) is -0.374. The molecule has 1 amide bonds. The molecule has 3 N–H and O–H groups in total. The fraction of sp³-hybridized carbons (Fsp3) is 0.125. The summed E-state index contributed by atoms with van der Waals surface area (Å²) in [5.74, 6) is -1.46. The third-order valence-corrected chi connectivity index (χ3v) is 8.46. The summed E-state index contributed by atoms with van der Waals surface area (Å²) in [7, 11) is -1.70. The van der Waals surface area contributed by atoms with E-state index in [1.807, 2.05) is 0 Å². The minimum absolute atomic E-state index is 0.0176. The number of sulfonamides is 1. The Bertz CT molecular complexity index is 1660. The van der Waals surface area contributed by atoms with Gasteiger partial charge in [0, 0.05) is 28.8 Å². The van der Waals surface area contributed by atoms with Gasteiger partial charge in [0.05, 0.1) is 43.5 Å². The van der Waals surface area contributed by atoms with Crippen molar-refractivity contribution in [1.82, 2.24) is 9.36 Å². The summed E-state index contributed by atoms with van der Waals surface area (Å²) in [4.78, 5) is 14.9. The number of carbonyl (C=O) groups is 1. The molecular formula is C24H20ClF2N5O6S2. The van der Waals surface area contributed by atoms with Gasteiger partial charge in [-0.3, -0.25) is 9.62 Å². The fourth-order valence-electron chi connectivity index (χ4n) is 3.62.